The van der Waals surface area contributed by atoms with Gasteiger partial charge in [-0.15, -0.1) is 0 Å². The number of carbonyl (C=O) groups excluding carboxylic acids is 5. The maximum atomic E-state index is 13.7. The minimum absolute atomic E-state index is 0.125. The van der Waals surface area contributed by atoms with Crippen molar-refractivity contribution in [1.82, 2.24) is 0 Å². The molecule has 262 valence electrons. The highest BCUT2D eigenvalue weighted by Crippen LogP contribution is 2.32. The largest absolute Gasteiger partial charge is 0.459 e. The van der Waals surface area contributed by atoms with Gasteiger partial charge in [0, 0.05) is 0 Å². The molecule has 0 radical (unpaired) electrons. The van der Waals surface area contributed by atoms with E-state index in [1.807, 2.05) is 0 Å². The summed E-state index contributed by atoms with van der Waals surface area (Å²) in [5.41, 5.74) is 0.762. The number of benzene rings is 5. The molecule has 11 nitrogen and oxygen atoms in total. The second-order valence-electron chi connectivity index (χ2n) is 11.5. The van der Waals surface area contributed by atoms with Gasteiger partial charge in [-0.3, -0.25) is 0 Å². The topological polar surface area (TPSA) is 141 Å². The molecule has 0 N–H and O–H groups in total. The quantitative estimate of drug-likeness (QED) is 0.117. The molecule has 0 saturated carbocycles. The van der Waals surface area contributed by atoms with Crippen LogP contribution in [-0.4, -0.2) is 67.2 Å². The van der Waals surface area contributed by atoms with Crippen LogP contribution in [0.15, 0.2) is 152 Å². The molecular formula is C41H32O11. The zero-order valence-electron chi connectivity index (χ0n) is 27.5. The van der Waals surface area contributed by atoms with Crippen molar-refractivity contribution in [2.24, 2.45) is 0 Å². The fourth-order valence-electron chi connectivity index (χ4n) is 5.37. The molecule has 5 aromatic carbocycles. The maximum absolute atomic E-state index is 13.7. The Labute approximate surface area is 298 Å². The van der Waals surface area contributed by atoms with Crippen LogP contribution in [0.3, 0.4) is 0 Å². The van der Waals surface area contributed by atoms with Crippen molar-refractivity contribution in [2.45, 2.75) is 30.7 Å². The molecule has 0 amide bonds. The summed E-state index contributed by atoms with van der Waals surface area (Å²) in [6, 6.07) is 40.0. The van der Waals surface area contributed by atoms with Crippen LogP contribution in [-0.2, 0) is 28.4 Å². The van der Waals surface area contributed by atoms with Gasteiger partial charge in [0.25, 0.3) is 0 Å². The van der Waals surface area contributed by atoms with Crippen LogP contribution in [0.5, 0.6) is 0 Å². The van der Waals surface area contributed by atoms with Gasteiger partial charge in [0.1, 0.15) is 12.7 Å². The second-order valence-corrected chi connectivity index (χ2v) is 11.5. The Morgan fingerprint density at radius 2 is 0.692 bits per heavy atom. The number of hydrogen-bond donors (Lipinski definition) is 0. The lowest BCUT2D eigenvalue weighted by Crippen LogP contribution is -2.63. The Morgan fingerprint density at radius 1 is 0.385 bits per heavy atom. The molecule has 0 aliphatic carbocycles. The number of carbonyl (C=O) groups is 5. The van der Waals surface area contributed by atoms with Gasteiger partial charge in [0.2, 0.25) is 12.4 Å². The van der Waals surface area contributed by atoms with Crippen molar-refractivity contribution >= 4 is 29.8 Å². The number of rotatable bonds is 11. The summed E-state index contributed by atoms with van der Waals surface area (Å²) >= 11 is 0. The summed E-state index contributed by atoms with van der Waals surface area (Å²) in [7, 11) is 0. The number of esters is 5. The molecule has 5 aromatic rings. The molecule has 0 bridgehead atoms. The van der Waals surface area contributed by atoms with Crippen molar-refractivity contribution in [3.05, 3.63) is 179 Å². The Hall–Kier alpha value is -6.59. The van der Waals surface area contributed by atoms with E-state index in [0.29, 0.717) is 0 Å². The van der Waals surface area contributed by atoms with Gasteiger partial charge in [-0.2, -0.15) is 0 Å². The van der Waals surface area contributed by atoms with E-state index >= 15 is 0 Å². The van der Waals surface area contributed by atoms with Gasteiger partial charge in [0.15, 0.2) is 12.2 Å². The van der Waals surface area contributed by atoms with Crippen LogP contribution in [0.1, 0.15) is 51.8 Å². The first-order chi connectivity index (χ1) is 25.4. The van der Waals surface area contributed by atoms with Crippen molar-refractivity contribution in [3.63, 3.8) is 0 Å². The molecule has 52 heavy (non-hydrogen) atoms. The minimum atomic E-state index is -1.75. The SMILES string of the molecule is O=C(OC[C@@H]1O[C@H](OC(=O)c2ccccc2)[C@@H](OC(=O)c2ccccc2)[C@H](OC(=O)c2ccccc2)[C@H]1OC(=O)c1ccccc1)c1ccccc1. The lowest BCUT2D eigenvalue weighted by Gasteiger charge is -2.43. The average Bonchev–Trinajstić information content (AvgIpc) is 3.20. The van der Waals surface area contributed by atoms with Crippen molar-refractivity contribution in [1.29, 1.82) is 0 Å². The minimum Gasteiger partial charge on any atom is -0.459 e. The van der Waals surface area contributed by atoms with E-state index in [1.165, 1.54) is 48.5 Å². The molecular weight excluding hydrogens is 668 g/mol. The van der Waals surface area contributed by atoms with Gasteiger partial charge in [0.05, 0.1) is 27.8 Å². The zero-order chi connectivity index (χ0) is 36.3. The summed E-state index contributed by atoms with van der Waals surface area (Å²) in [6.07, 6.45) is -8.07. The molecule has 1 heterocycles. The number of ether oxygens (including phenoxy) is 6. The Bertz CT molecular complexity index is 1970. The normalized spacial score (nSPS) is 19.3. The Balaban J connectivity index is 1.41. The monoisotopic (exact) mass is 700 g/mol. The van der Waals surface area contributed by atoms with Crippen LogP contribution in [0, 0.1) is 0 Å². The molecule has 1 aliphatic rings. The van der Waals surface area contributed by atoms with E-state index < -0.39 is 67.2 Å². The maximum Gasteiger partial charge on any atom is 0.340 e. The highest BCUT2D eigenvalue weighted by atomic mass is 16.7. The van der Waals surface area contributed by atoms with Gasteiger partial charge < -0.3 is 28.4 Å². The van der Waals surface area contributed by atoms with E-state index in [9.17, 15) is 24.0 Å². The Morgan fingerprint density at radius 3 is 1.08 bits per heavy atom. The Kier molecular flexibility index (Phi) is 11.4. The van der Waals surface area contributed by atoms with Crippen molar-refractivity contribution < 1.29 is 52.4 Å². The van der Waals surface area contributed by atoms with Crippen LogP contribution in [0.25, 0.3) is 0 Å². The summed E-state index contributed by atoms with van der Waals surface area (Å²) < 4.78 is 35.5. The third-order valence-electron chi connectivity index (χ3n) is 7.97. The molecule has 1 fully saturated rings. The predicted octanol–water partition coefficient (Wildman–Crippen LogP) is 6.10. The highest BCUT2D eigenvalue weighted by molar-refractivity contribution is 5.92. The van der Waals surface area contributed by atoms with Crippen molar-refractivity contribution in [2.75, 3.05) is 6.61 Å². The summed E-state index contributed by atoms with van der Waals surface area (Å²) in [6.45, 7) is -0.557. The van der Waals surface area contributed by atoms with E-state index in [4.69, 9.17) is 28.4 Å². The molecule has 0 aromatic heterocycles. The summed E-state index contributed by atoms with van der Waals surface area (Å²) in [4.78, 5) is 67.4. The fourth-order valence-corrected chi connectivity index (χ4v) is 5.37. The standard InChI is InChI=1S/C41H32O11/c42-36(27-16-6-1-7-17-27)47-26-32-33(49-37(43)28-18-8-2-9-19-28)34(50-38(44)29-20-10-3-11-21-29)35(51-39(45)30-22-12-4-13-23-30)41(48-32)52-40(46)31-24-14-5-15-25-31/h1-25,32-35,41H,26H2/t32-,33-,34+,35-,41+/m0/s1. The zero-order valence-corrected chi connectivity index (χ0v) is 27.5. The van der Waals surface area contributed by atoms with Gasteiger partial charge >= 0.3 is 29.8 Å². The van der Waals surface area contributed by atoms with Crippen LogP contribution in [0.4, 0.5) is 0 Å². The third-order valence-corrected chi connectivity index (χ3v) is 7.97. The van der Waals surface area contributed by atoms with E-state index in [1.54, 1.807) is 103 Å². The smallest absolute Gasteiger partial charge is 0.340 e. The van der Waals surface area contributed by atoms with Crippen LogP contribution < -0.4 is 0 Å². The van der Waals surface area contributed by atoms with E-state index in [2.05, 4.69) is 0 Å². The molecule has 0 unspecified atom stereocenters. The fraction of sp³-hybridized carbons (Fsp3) is 0.146. The first kappa shape index (κ1) is 35.2. The molecule has 11 heteroatoms. The number of hydrogen-bond acceptors (Lipinski definition) is 11. The lowest BCUT2D eigenvalue weighted by molar-refractivity contribution is -0.282. The van der Waals surface area contributed by atoms with Crippen molar-refractivity contribution in [3.8, 4) is 0 Å². The van der Waals surface area contributed by atoms with Gasteiger partial charge in [-0.05, 0) is 60.7 Å². The molecule has 0 spiro atoms. The first-order valence-corrected chi connectivity index (χ1v) is 16.3. The van der Waals surface area contributed by atoms with Gasteiger partial charge in [-0.1, -0.05) is 91.0 Å². The highest BCUT2D eigenvalue weighted by Gasteiger charge is 2.54. The molecule has 5 atom stereocenters. The molecule has 6 rings (SSSR count). The average molecular weight is 701 g/mol. The first-order valence-electron chi connectivity index (χ1n) is 16.3. The summed E-state index contributed by atoms with van der Waals surface area (Å²) in [5.74, 6) is -4.19. The second kappa shape index (κ2) is 16.9. The van der Waals surface area contributed by atoms with E-state index in [0.717, 1.165) is 0 Å². The third kappa shape index (κ3) is 8.76. The van der Waals surface area contributed by atoms with Crippen LogP contribution >= 0.6 is 0 Å². The summed E-state index contributed by atoms with van der Waals surface area (Å²) in [5, 5.41) is 0. The molecule has 1 saturated heterocycles. The molecule has 1 aliphatic heterocycles. The lowest BCUT2D eigenvalue weighted by atomic mass is 9.97. The van der Waals surface area contributed by atoms with Crippen LogP contribution in [0.2, 0.25) is 0 Å². The van der Waals surface area contributed by atoms with Gasteiger partial charge in [-0.25, -0.2) is 24.0 Å². The van der Waals surface area contributed by atoms with E-state index in [-0.39, 0.29) is 27.8 Å². The predicted molar refractivity (Wildman–Crippen MR) is 184 cm³/mol.